The Kier molecular flexibility index (Phi) is 10.1. The van der Waals surface area contributed by atoms with Gasteiger partial charge in [-0.25, -0.2) is 0 Å². The van der Waals surface area contributed by atoms with Gasteiger partial charge in [-0.2, -0.15) is 5.10 Å². The number of hydrogen-bond donors (Lipinski definition) is 2. The van der Waals surface area contributed by atoms with Gasteiger partial charge in [0.1, 0.15) is 11.4 Å². The highest BCUT2D eigenvalue weighted by atomic mass is 35.5. The molecule has 0 aliphatic heterocycles. The standard InChI is InChI=1S/C13H23N5O4.ClH/c1-10-13(18(20)21)11(2)17(16-10)8-4-12(19)15-6-5-14-7-9-22-3;/h14H,4-9H2,1-3H3,(H,15,19);1H. The summed E-state index contributed by atoms with van der Waals surface area (Å²) in [5.41, 5.74) is 0.851. The maximum Gasteiger partial charge on any atom is 0.312 e. The Morgan fingerprint density at radius 2 is 2.04 bits per heavy atom. The second-order valence-corrected chi connectivity index (χ2v) is 4.84. The number of carbonyl (C=O) groups excluding carboxylic acids is 1. The largest absolute Gasteiger partial charge is 0.383 e. The summed E-state index contributed by atoms with van der Waals surface area (Å²) >= 11 is 0. The van der Waals surface area contributed by atoms with Crippen LogP contribution >= 0.6 is 12.4 Å². The van der Waals surface area contributed by atoms with Crippen molar-refractivity contribution >= 4 is 24.0 Å². The summed E-state index contributed by atoms with van der Waals surface area (Å²) in [6.07, 6.45) is 0.233. The number of rotatable bonds is 10. The number of nitro groups is 1. The van der Waals surface area contributed by atoms with E-state index in [4.69, 9.17) is 4.74 Å². The van der Waals surface area contributed by atoms with Crippen LogP contribution < -0.4 is 10.6 Å². The molecule has 0 saturated heterocycles. The molecule has 0 atom stereocenters. The number of ether oxygens (including phenoxy) is 1. The lowest BCUT2D eigenvalue weighted by atomic mass is 10.3. The Bertz CT molecular complexity index is 521. The first-order chi connectivity index (χ1) is 10.5. The van der Waals surface area contributed by atoms with Gasteiger partial charge in [0.05, 0.1) is 18.1 Å². The van der Waals surface area contributed by atoms with Crippen molar-refractivity contribution < 1.29 is 14.5 Å². The van der Waals surface area contributed by atoms with Crippen LogP contribution in [0.2, 0.25) is 0 Å². The number of nitrogens with zero attached hydrogens (tertiary/aromatic N) is 3. The van der Waals surface area contributed by atoms with Crippen molar-refractivity contribution in [2.45, 2.75) is 26.8 Å². The van der Waals surface area contributed by atoms with Gasteiger partial charge < -0.3 is 15.4 Å². The van der Waals surface area contributed by atoms with Crippen LogP contribution in [0.15, 0.2) is 0 Å². The number of aryl methyl sites for hydroxylation is 2. The normalized spacial score (nSPS) is 10.2. The number of nitrogens with one attached hydrogen (secondary N) is 2. The first kappa shape index (κ1) is 21.3. The maximum absolute atomic E-state index is 11.7. The molecule has 0 aliphatic rings. The number of carbonyl (C=O) groups is 1. The first-order valence-electron chi connectivity index (χ1n) is 7.12. The van der Waals surface area contributed by atoms with E-state index in [1.807, 2.05) is 0 Å². The van der Waals surface area contributed by atoms with Gasteiger partial charge in [0.2, 0.25) is 5.91 Å². The molecule has 132 valence electrons. The molecule has 1 aromatic heterocycles. The molecule has 1 aromatic rings. The molecule has 9 nitrogen and oxygen atoms in total. The fourth-order valence-corrected chi connectivity index (χ4v) is 2.05. The highest BCUT2D eigenvalue weighted by Gasteiger charge is 2.21. The molecule has 0 aromatic carbocycles. The van der Waals surface area contributed by atoms with Gasteiger partial charge >= 0.3 is 5.69 Å². The van der Waals surface area contributed by atoms with E-state index in [0.717, 1.165) is 6.54 Å². The Labute approximate surface area is 141 Å². The summed E-state index contributed by atoms with van der Waals surface area (Å²) in [5, 5.41) is 20.9. The predicted octanol–water partition coefficient (Wildman–Crippen LogP) is 0.572. The van der Waals surface area contributed by atoms with Crippen LogP contribution in [0, 0.1) is 24.0 Å². The van der Waals surface area contributed by atoms with Gasteiger partial charge in [0.15, 0.2) is 0 Å². The molecule has 10 heteroatoms. The molecule has 2 N–H and O–H groups in total. The van der Waals surface area contributed by atoms with Crippen molar-refractivity contribution in [2.75, 3.05) is 33.4 Å². The minimum absolute atomic E-state index is 0. The van der Waals surface area contributed by atoms with E-state index in [0.29, 0.717) is 37.6 Å². The zero-order chi connectivity index (χ0) is 16.5. The van der Waals surface area contributed by atoms with Crippen LogP contribution in [0.3, 0.4) is 0 Å². The summed E-state index contributed by atoms with van der Waals surface area (Å²) in [6.45, 7) is 6.11. The highest BCUT2D eigenvalue weighted by Crippen LogP contribution is 2.21. The molecule has 23 heavy (non-hydrogen) atoms. The molecule has 0 bridgehead atoms. The van der Waals surface area contributed by atoms with Crippen LogP contribution in [0.4, 0.5) is 5.69 Å². The van der Waals surface area contributed by atoms with Gasteiger partial charge in [0.25, 0.3) is 0 Å². The molecule has 1 heterocycles. The lowest BCUT2D eigenvalue weighted by Crippen LogP contribution is -2.33. The van der Waals surface area contributed by atoms with Crippen LogP contribution in [-0.4, -0.2) is 54.0 Å². The van der Waals surface area contributed by atoms with Crippen molar-refractivity contribution in [3.05, 3.63) is 21.5 Å². The molecule has 1 amide bonds. The van der Waals surface area contributed by atoms with E-state index in [2.05, 4.69) is 15.7 Å². The van der Waals surface area contributed by atoms with E-state index in [1.165, 1.54) is 4.68 Å². The van der Waals surface area contributed by atoms with Crippen molar-refractivity contribution in [2.24, 2.45) is 0 Å². The average molecular weight is 350 g/mol. The first-order valence-corrected chi connectivity index (χ1v) is 7.12. The highest BCUT2D eigenvalue weighted by molar-refractivity contribution is 5.85. The third kappa shape index (κ3) is 6.93. The number of amides is 1. The Balaban J connectivity index is 0.00000484. The van der Waals surface area contributed by atoms with Crippen molar-refractivity contribution in [3.63, 3.8) is 0 Å². The van der Waals surface area contributed by atoms with Crippen LogP contribution in [0.5, 0.6) is 0 Å². The topological polar surface area (TPSA) is 111 Å². The maximum atomic E-state index is 11.7. The Morgan fingerprint density at radius 3 is 2.61 bits per heavy atom. The van der Waals surface area contributed by atoms with Crippen molar-refractivity contribution in [1.82, 2.24) is 20.4 Å². The van der Waals surface area contributed by atoms with E-state index in [9.17, 15) is 14.9 Å². The Morgan fingerprint density at radius 1 is 1.35 bits per heavy atom. The Hall–Kier alpha value is -1.71. The second kappa shape index (κ2) is 10.9. The molecule has 0 fully saturated rings. The number of hydrogen-bond acceptors (Lipinski definition) is 6. The molecular weight excluding hydrogens is 326 g/mol. The predicted molar refractivity (Wildman–Crippen MR) is 88.0 cm³/mol. The van der Waals surface area contributed by atoms with Crippen molar-refractivity contribution in [1.29, 1.82) is 0 Å². The summed E-state index contributed by atoms with van der Waals surface area (Å²) in [5.74, 6) is -0.108. The lowest BCUT2D eigenvalue weighted by Gasteiger charge is -2.07. The second-order valence-electron chi connectivity index (χ2n) is 4.84. The molecule has 0 unspecified atom stereocenters. The summed E-state index contributed by atoms with van der Waals surface area (Å²) < 4.78 is 6.39. The van der Waals surface area contributed by atoms with Crippen molar-refractivity contribution in [3.8, 4) is 0 Å². The molecule has 0 radical (unpaired) electrons. The summed E-state index contributed by atoms with van der Waals surface area (Å²) in [6, 6.07) is 0. The number of halogens is 1. The SMILES string of the molecule is COCCNCCNC(=O)CCn1nc(C)c([N+](=O)[O-])c1C.Cl. The van der Waals surface area contributed by atoms with Gasteiger partial charge in [-0.3, -0.25) is 19.6 Å². The zero-order valence-corrected chi connectivity index (χ0v) is 14.4. The monoisotopic (exact) mass is 349 g/mol. The summed E-state index contributed by atoms with van der Waals surface area (Å²) in [4.78, 5) is 22.2. The third-order valence-corrected chi connectivity index (χ3v) is 3.18. The van der Waals surface area contributed by atoms with Gasteiger partial charge in [0, 0.05) is 33.2 Å². The van der Waals surface area contributed by atoms with Gasteiger partial charge in [-0.05, 0) is 13.8 Å². The zero-order valence-electron chi connectivity index (χ0n) is 13.6. The fourth-order valence-electron chi connectivity index (χ4n) is 2.05. The lowest BCUT2D eigenvalue weighted by molar-refractivity contribution is -0.386. The molecule has 0 saturated carbocycles. The molecular formula is C13H24ClN5O4. The number of methoxy groups -OCH3 is 1. The smallest absolute Gasteiger partial charge is 0.312 e. The summed E-state index contributed by atoms with van der Waals surface area (Å²) in [7, 11) is 1.63. The van der Waals surface area contributed by atoms with Crippen LogP contribution in [0.1, 0.15) is 17.8 Å². The average Bonchev–Trinajstić information content (AvgIpc) is 2.75. The van der Waals surface area contributed by atoms with E-state index in [1.54, 1.807) is 21.0 Å². The third-order valence-electron chi connectivity index (χ3n) is 3.18. The van der Waals surface area contributed by atoms with E-state index < -0.39 is 4.92 Å². The van der Waals surface area contributed by atoms with E-state index >= 15 is 0 Å². The van der Waals surface area contributed by atoms with Crippen LogP contribution in [-0.2, 0) is 16.1 Å². The minimum Gasteiger partial charge on any atom is -0.383 e. The quantitative estimate of drug-likeness (QED) is 0.363. The van der Waals surface area contributed by atoms with Gasteiger partial charge in [-0.1, -0.05) is 0 Å². The number of aromatic nitrogens is 2. The van der Waals surface area contributed by atoms with Gasteiger partial charge in [-0.15, -0.1) is 12.4 Å². The van der Waals surface area contributed by atoms with E-state index in [-0.39, 0.29) is 30.4 Å². The molecule has 1 rings (SSSR count). The van der Waals surface area contributed by atoms with Crippen LogP contribution in [0.25, 0.3) is 0 Å². The minimum atomic E-state index is -0.445. The fraction of sp³-hybridized carbons (Fsp3) is 0.692. The molecule has 0 spiro atoms. The molecule has 0 aliphatic carbocycles.